The summed E-state index contributed by atoms with van der Waals surface area (Å²) < 4.78 is 12.9. The summed E-state index contributed by atoms with van der Waals surface area (Å²) in [6.07, 6.45) is 0. The number of thiophene rings is 4. The molecule has 52 heavy (non-hydrogen) atoms. The summed E-state index contributed by atoms with van der Waals surface area (Å²) in [6.45, 7) is 50.7. The maximum absolute atomic E-state index is 2.69. The molecule has 0 nitrogen and oxygen atoms in total. The Morgan fingerprint density at radius 1 is 0.308 bits per heavy atom. The number of hydrogen-bond acceptors (Lipinski definition) is 4. The fraction of sp³-hybridized carbons (Fsp3) is 0.545. The second kappa shape index (κ2) is 11.4. The number of benzene rings is 2. The van der Waals surface area contributed by atoms with Crippen molar-refractivity contribution in [3.05, 3.63) is 24.3 Å². The van der Waals surface area contributed by atoms with E-state index in [0.717, 1.165) is 0 Å². The van der Waals surface area contributed by atoms with Crippen LogP contribution in [-0.4, -0.2) is 32.3 Å². The van der Waals surface area contributed by atoms with Crippen LogP contribution in [0.25, 0.3) is 62.6 Å². The lowest BCUT2D eigenvalue weighted by Gasteiger charge is -2.36. The summed E-state index contributed by atoms with van der Waals surface area (Å²) in [4.78, 5) is 0. The molecule has 280 valence electrons. The smallest absolute Gasteiger partial charge is 0.0987 e. The quantitative estimate of drug-likeness (QED) is 0.155. The maximum atomic E-state index is 2.69. The van der Waals surface area contributed by atoms with Crippen molar-refractivity contribution in [2.75, 3.05) is 0 Å². The highest BCUT2D eigenvalue weighted by molar-refractivity contribution is 7.36. The van der Waals surface area contributed by atoms with Crippen molar-refractivity contribution in [3.63, 3.8) is 0 Å². The average Bonchev–Trinajstić information content (AvgIpc) is 3.74. The average molecular weight is 834 g/mol. The minimum absolute atomic E-state index is 0.293. The largest absolute Gasteiger partial charge is 0.144 e. The molecule has 0 saturated carbocycles. The predicted molar refractivity (Wildman–Crippen MR) is 260 cm³/mol. The van der Waals surface area contributed by atoms with Gasteiger partial charge in [-0.25, -0.2) is 0 Å². The molecule has 0 N–H and O–H groups in total. The first kappa shape index (κ1) is 39.4. The summed E-state index contributed by atoms with van der Waals surface area (Å²) in [5, 5.41) is 7.31. The zero-order valence-corrected chi connectivity index (χ0v) is 43.2. The Hall–Kier alpha value is -0.852. The molecule has 0 aliphatic heterocycles. The summed E-state index contributed by atoms with van der Waals surface area (Å²) in [5.41, 5.74) is 6.37. The van der Waals surface area contributed by atoms with Crippen LogP contribution in [0.3, 0.4) is 0 Å². The van der Waals surface area contributed by atoms with Gasteiger partial charge in [0.15, 0.2) is 0 Å². The highest BCUT2D eigenvalue weighted by atomic mass is 32.1. The summed E-state index contributed by atoms with van der Waals surface area (Å²) in [5.74, 6) is 0. The van der Waals surface area contributed by atoms with Gasteiger partial charge < -0.3 is 0 Å². The Morgan fingerprint density at radius 3 is 0.596 bits per heavy atom. The van der Waals surface area contributed by atoms with E-state index in [0.29, 0.717) is 20.2 Å². The van der Waals surface area contributed by atoms with Crippen LogP contribution in [0.1, 0.15) is 83.1 Å². The predicted octanol–water partition coefficient (Wildman–Crippen LogP) is 15.1. The van der Waals surface area contributed by atoms with Crippen molar-refractivity contribution in [1.82, 2.24) is 0 Å². The second-order valence-electron chi connectivity index (χ2n) is 22.4. The molecule has 0 spiro atoms. The zero-order chi connectivity index (χ0) is 38.9. The van der Waals surface area contributed by atoms with Crippen LogP contribution < -0.4 is 18.0 Å². The van der Waals surface area contributed by atoms with Gasteiger partial charge >= 0.3 is 0 Å². The maximum Gasteiger partial charge on any atom is 0.0987 e. The van der Waals surface area contributed by atoms with Crippen LogP contribution in [0, 0.1) is 0 Å². The highest BCUT2D eigenvalue weighted by Crippen LogP contribution is 2.63. The van der Waals surface area contributed by atoms with Gasteiger partial charge in [0.25, 0.3) is 0 Å². The molecule has 2 aromatic carbocycles. The zero-order valence-electron chi connectivity index (χ0n) is 35.9. The standard InChI is InChI=1S/C44H64S4Si4/c1-41(2,3)49(13,14)29-21-25-26-22-30(50(15,16)42(4,5)6)46-38(26)34-33(37(25)45-29)35-36(34)40-28(24-32(48-40)52(19,20)44(10,11)12)27-23-31(47-39(27)35)51(17,18)43(7,8)9/h21-24H,1-20H3. The van der Waals surface area contributed by atoms with E-state index in [1.54, 1.807) is 59.1 Å². The molecule has 1 aliphatic carbocycles. The van der Waals surface area contributed by atoms with Gasteiger partial charge in [-0.1, -0.05) is 135 Å². The Labute approximate surface area is 335 Å². The number of rotatable bonds is 4. The van der Waals surface area contributed by atoms with Crippen LogP contribution in [0.2, 0.25) is 72.5 Å². The van der Waals surface area contributed by atoms with E-state index in [9.17, 15) is 0 Å². The fourth-order valence-corrected chi connectivity index (χ4v) is 25.0. The lowest BCUT2D eigenvalue weighted by Crippen LogP contribution is -2.47. The monoisotopic (exact) mass is 832 g/mol. The Morgan fingerprint density at radius 2 is 0.462 bits per heavy atom. The van der Waals surface area contributed by atoms with E-state index in [-0.39, 0.29) is 0 Å². The van der Waals surface area contributed by atoms with Crippen LogP contribution >= 0.6 is 45.3 Å². The van der Waals surface area contributed by atoms with Crippen molar-refractivity contribution in [2.45, 2.75) is 156 Å². The van der Waals surface area contributed by atoms with E-state index in [1.807, 2.05) is 0 Å². The van der Waals surface area contributed by atoms with Crippen molar-refractivity contribution in [3.8, 4) is 22.3 Å². The van der Waals surface area contributed by atoms with E-state index >= 15 is 0 Å². The minimum Gasteiger partial charge on any atom is -0.144 e. The molecular weight excluding hydrogens is 769 g/mol. The lowest BCUT2D eigenvalue weighted by molar-refractivity contribution is 0.730. The molecule has 4 heterocycles. The van der Waals surface area contributed by atoms with E-state index in [4.69, 9.17) is 0 Å². The van der Waals surface area contributed by atoms with Gasteiger partial charge in [-0.3, -0.25) is 0 Å². The van der Waals surface area contributed by atoms with E-state index < -0.39 is 32.3 Å². The van der Waals surface area contributed by atoms with Crippen molar-refractivity contribution in [2.24, 2.45) is 0 Å². The molecule has 0 bridgehead atoms. The van der Waals surface area contributed by atoms with Crippen LogP contribution in [-0.2, 0) is 0 Å². The third-order valence-electron chi connectivity index (χ3n) is 15.4. The van der Waals surface area contributed by atoms with Gasteiger partial charge in [0.05, 0.1) is 32.3 Å². The molecule has 4 aromatic heterocycles. The van der Waals surface area contributed by atoms with Crippen molar-refractivity contribution < 1.29 is 0 Å². The lowest BCUT2D eigenvalue weighted by atomic mass is 9.78. The van der Waals surface area contributed by atoms with Gasteiger partial charge in [-0.15, -0.1) is 45.3 Å². The van der Waals surface area contributed by atoms with Crippen LogP contribution in [0.5, 0.6) is 0 Å². The molecular formula is C44H64S4Si4. The van der Waals surface area contributed by atoms with Gasteiger partial charge in [0, 0.05) is 62.6 Å². The number of fused-ring (bicyclic) bond motifs is 14. The van der Waals surface area contributed by atoms with E-state index in [2.05, 4.69) is 205 Å². The molecule has 1 aliphatic rings. The molecule has 0 amide bonds. The van der Waals surface area contributed by atoms with Gasteiger partial charge in [-0.2, -0.15) is 0 Å². The topological polar surface area (TPSA) is 0 Å². The first-order chi connectivity index (χ1) is 23.4. The normalized spacial score (nSPS) is 15.3. The second-order valence-corrected chi connectivity index (χ2v) is 49.2. The fourth-order valence-electron chi connectivity index (χ4n) is 7.16. The molecule has 0 unspecified atom stereocenters. The summed E-state index contributed by atoms with van der Waals surface area (Å²) >= 11 is 8.67. The van der Waals surface area contributed by atoms with Crippen LogP contribution in [0.15, 0.2) is 24.3 Å². The van der Waals surface area contributed by atoms with Gasteiger partial charge in [0.1, 0.15) is 0 Å². The van der Waals surface area contributed by atoms with Gasteiger partial charge in [-0.05, 0) is 62.4 Å². The number of hydrogen-bond donors (Lipinski definition) is 0. The van der Waals surface area contributed by atoms with Gasteiger partial charge in [0.2, 0.25) is 0 Å². The van der Waals surface area contributed by atoms with Crippen molar-refractivity contribution >= 4 is 136 Å². The minimum atomic E-state index is -1.75. The third kappa shape index (κ3) is 5.26. The molecule has 8 heteroatoms. The Balaban J connectivity index is 1.67. The Bertz CT molecular complexity index is 2090. The molecule has 0 radical (unpaired) electrons. The van der Waals surface area contributed by atoms with Crippen molar-refractivity contribution in [1.29, 1.82) is 0 Å². The SMILES string of the molecule is CC(C)(C)[Si](C)(C)c1cc2c(s1)c1c(c3sc([Si](C)(C)C(C)(C)C)cc32)-c2c-1c1sc([Si](C)(C)C(C)(C)C)cc1c1cc([Si](C)(C)C(C)(C)C)sc21. The molecule has 6 aromatic rings. The molecule has 0 fully saturated rings. The Kier molecular flexibility index (Phi) is 8.62. The molecule has 7 rings (SSSR count). The summed E-state index contributed by atoms with van der Waals surface area (Å²) in [6, 6.07) is 10.7. The summed E-state index contributed by atoms with van der Waals surface area (Å²) in [7, 11) is -6.99. The first-order valence-electron chi connectivity index (χ1n) is 19.4. The van der Waals surface area contributed by atoms with Crippen LogP contribution in [0.4, 0.5) is 0 Å². The third-order valence-corrected chi connectivity index (χ3v) is 47.1. The molecule has 0 saturated heterocycles. The first-order valence-corrected chi connectivity index (χ1v) is 34.7. The highest BCUT2D eigenvalue weighted by Gasteiger charge is 2.45. The molecule has 0 atom stereocenters. The van der Waals surface area contributed by atoms with E-state index in [1.165, 1.54) is 21.5 Å².